The first-order chi connectivity index (χ1) is 8.44. The highest BCUT2D eigenvalue weighted by Gasteiger charge is 2.21. The van der Waals surface area contributed by atoms with Crippen LogP contribution in [0.3, 0.4) is 0 Å². The summed E-state index contributed by atoms with van der Waals surface area (Å²) in [6, 6.07) is 0. The Morgan fingerprint density at radius 1 is 1.05 bits per heavy atom. The van der Waals surface area contributed by atoms with Crippen molar-refractivity contribution in [3.8, 4) is 0 Å². The molecule has 0 saturated carbocycles. The standard InChI is InChI=1S/C15H33NO2S/c1-12(2)10-14(11-16-15(5,6)7)8-9-19(17,18)13(3)4/h12-14,16H,8-11H2,1-7H3. The lowest BCUT2D eigenvalue weighted by molar-refractivity contribution is 0.327. The van der Waals surface area contributed by atoms with E-state index in [4.69, 9.17) is 0 Å². The van der Waals surface area contributed by atoms with Crippen LogP contribution >= 0.6 is 0 Å². The normalized spacial score (nSPS) is 15.2. The second-order valence-corrected chi connectivity index (χ2v) is 10.0. The van der Waals surface area contributed by atoms with Crippen LogP contribution < -0.4 is 5.32 Å². The summed E-state index contributed by atoms with van der Waals surface area (Å²) < 4.78 is 23.8. The molecule has 0 aromatic heterocycles. The highest BCUT2D eigenvalue weighted by molar-refractivity contribution is 7.91. The molecular formula is C15H33NO2S. The van der Waals surface area contributed by atoms with Crippen molar-refractivity contribution in [3.63, 3.8) is 0 Å². The third kappa shape index (κ3) is 9.44. The van der Waals surface area contributed by atoms with Crippen LogP contribution in [-0.2, 0) is 9.84 Å². The first-order valence-electron chi connectivity index (χ1n) is 7.40. The van der Waals surface area contributed by atoms with Gasteiger partial charge in [-0.1, -0.05) is 13.8 Å². The van der Waals surface area contributed by atoms with Crippen LogP contribution in [0.2, 0.25) is 0 Å². The first-order valence-corrected chi connectivity index (χ1v) is 9.12. The van der Waals surface area contributed by atoms with Gasteiger partial charge in [0.1, 0.15) is 0 Å². The van der Waals surface area contributed by atoms with Gasteiger partial charge in [-0.05, 0) is 65.8 Å². The average molecular weight is 292 g/mol. The van der Waals surface area contributed by atoms with Gasteiger partial charge in [-0.15, -0.1) is 0 Å². The van der Waals surface area contributed by atoms with E-state index >= 15 is 0 Å². The van der Waals surface area contributed by atoms with E-state index in [1.807, 2.05) is 0 Å². The van der Waals surface area contributed by atoms with E-state index in [2.05, 4.69) is 39.9 Å². The van der Waals surface area contributed by atoms with E-state index in [0.29, 0.717) is 17.6 Å². The number of nitrogens with one attached hydrogen (secondary N) is 1. The minimum Gasteiger partial charge on any atom is -0.312 e. The molecule has 1 N–H and O–H groups in total. The number of rotatable bonds is 8. The lowest BCUT2D eigenvalue weighted by Crippen LogP contribution is -2.39. The molecule has 0 spiro atoms. The Hall–Kier alpha value is -0.0900. The van der Waals surface area contributed by atoms with Gasteiger partial charge in [-0.3, -0.25) is 0 Å². The zero-order valence-electron chi connectivity index (χ0n) is 13.8. The minimum absolute atomic E-state index is 0.0894. The molecule has 0 bridgehead atoms. The molecule has 0 aromatic rings. The van der Waals surface area contributed by atoms with Crippen molar-refractivity contribution in [2.24, 2.45) is 11.8 Å². The van der Waals surface area contributed by atoms with Crippen molar-refractivity contribution in [3.05, 3.63) is 0 Å². The molecule has 0 rings (SSSR count). The SMILES string of the molecule is CC(C)CC(CCS(=O)(=O)C(C)C)CNC(C)(C)C. The van der Waals surface area contributed by atoms with Crippen LogP contribution in [0.5, 0.6) is 0 Å². The summed E-state index contributed by atoms with van der Waals surface area (Å²) in [5.74, 6) is 1.36. The van der Waals surface area contributed by atoms with E-state index < -0.39 is 9.84 Å². The second kappa shape index (κ2) is 7.63. The summed E-state index contributed by atoms with van der Waals surface area (Å²) in [5, 5.41) is 3.24. The number of sulfone groups is 1. The van der Waals surface area contributed by atoms with Gasteiger partial charge in [-0.2, -0.15) is 0 Å². The van der Waals surface area contributed by atoms with Gasteiger partial charge in [0, 0.05) is 5.54 Å². The number of hydrogen-bond acceptors (Lipinski definition) is 3. The summed E-state index contributed by atoms with van der Waals surface area (Å²) in [7, 11) is -2.91. The fourth-order valence-corrected chi connectivity index (χ4v) is 3.12. The molecule has 1 unspecified atom stereocenters. The van der Waals surface area contributed by atoms with Gasteiger partial charge < -0.3 is 5.32 Å². The van der Waals surface area contributed by atoms with Crippen molar-refractivity contribution in [2.75, 3.05) is 12.3 Å². The van der Waals surface area contributed by atoms with Gasteiger partial charge in [-0.25, -0.2) is 8.42 Å². The Bertz CT molecular complexity index is 340. The molecule has 0 radical (unpaired) electrons. The third-order valence-electron chi connectivity index (χ3n) is 3.25. The van der Waals surface area contributed by atoms with E-state index in [1.54, 1.807) is 13.8 Å². The smallest absolute Gasteiger partial charge is 0.152 e. The van der Waals surface area contributed by atoms with Crippen molar-refractivity contribution in [1.82, 2.24) is 5.32 Å². The van der Waals surface area contributed by atoms with E-state index in [1.165, 1.54) is 0 Å². The fourth-order valence-electron chi connectivity index (χ4n) is 1.99. The quantitative estimate of drug-likeness (QED) is 0.746. The van der Waals surface area contributed by atoms with Crippen LogP contribution in [0, 0.1) is 11.8 Å². The summed E-state index contributed by atoms with van der Waals surface area (Å²) in [6.45, 7) is 15.2. The zero-order valence-corrected chi connectivity index (χ0v) is 14.6. The van der Waals surface area contributed by atoms with Gasteiger partial charge in [0.15, 0.2) is 9.84 Å². The molecule has 3 nitrogen and oxygen atoms in total. The molecule has 0 heterocycles. The van der Waals surface area contributed by atoms with Gasteiger partial charge in [0.05, 0.1) is 11.0 Å². The molecule has 0 aromatic carbocycles. The maximum Gasteiger partial charge on any atom is 0.152 e. The molecule has 0 aliphatic carbocycles. The van der Waals surface area contributed by atoms with E-state index in [9.17, 15) is 8.42 Å². The van der Waals surface area contributed by atoms with Crippen LogP contribution in [-0.4, -0.2) is 31.5 Å². The predicted molar refractivity (Wildman–Crippen MR) is 84.2 cm³/mol. The third-order valence-corrected chi connectivity index (χ3v) is 5.50. The predicted octanol–water partition coefficient (Wildman–Crippen LogP) is 3.25. The summed E-state index contributed by atoms with van der Waals surface area (Å²) >= 11 is 0. The Morgan fingerprint density at radius 2 is 1.58 bits per heavy atom. The minimum atomic E-state index is -2.91. The largest absolute Gasteiger partial charge is 0.312 e. The molecule has 4 heteroatoms. The Labute approximate surface area is 120 Å². The number of hydrogen-bond donors (Lipinski definition) is 1. The molecule has 116 valence electrons. The molecule has 0 saturated heterocycles. The summed E-state index contributed by atoms with van der Waals surface area (Å²) in [6.07, 6.45) is 1.85. The van der Waals surface area contributed by atoms with Crippen molar-refractivity contribution in [1.29, 1.82) is 0 Å². The monoisotopic (exact) mass is 291 g/mol. The maximum absolute atomic E-state index is 11.9. The highest BCUT2D eigenvalue weighted by atomic mass is 32.2. The van der Waals surface area contributed by atoms with Crippen LogP contribution in [0.25, 0.3) is 0 Å². The Kier molecular flexibility index (Phi) is 7.59. The van der Waals surface area contributed by atoms with Gasteiger partial charge in [0.25, 0.3) is 0 Å². The molecule has 0 aliphatic heterocycles. The summed E-state index contributed by atoms with van der Waals surface area (Å²) in [4.78, 5) is 0. The Balaban J connectivity index is 4.44. The first kappa shape index (κ1) is 18.9. The zero-order chi connectivity index (χ0) is 15.3. The molecule has 19 heavy (non-hydrogen) atoms. The van der Waals surface area contributed by atoms with E-state index in [0.717, 1.165) is 19.4 Å². The van der Waals surface area contributed by atoms with Crippen LogP contribution in [0.4, 0.5) is 0 Å². The summed E-state index contributed by atoms with van der Waals surface area (Å²) in [5.41, 5.74) is 0.0894. The molecular weight excluding hydrogens is 258 g/mol. The van der Waals surface area contributed by atoms with Crippen molar-refractivity contribution in [2.45, 2.75) is 72.1 Å². The van der Waals surface area contributed by atoms with Crippen LogP contribution in [0.1, 0.15) is 61.3 Å². The molecule has 0 fully saturated rings. The topological polar surface area (TPSA) is 46.2 Å². The van der Waals surface area contributed by atoms with Gasteiger partial charge >= 0.3 is 0 Å². The molecule has 0 aliphatic rings. The molecule has 0 amide bonds. The lowest BCUT2D eigenvalue weighted by atomic mass is 9.94. The average Bonchev–Trinajstić information content (AvgIpc) is 2.20. The lowest BCUT2D eigenvalue weighted by Gasteiger charge is -2.26. The van der Waals surface area contributed by atoms with Crippen LogP contribution in [0.15, 0.2) is 0 Å². The van der Waals surface area contributed by atoms with E-state index in [-0.39, 0.29) is 10.8 Å². The Morgan fingerprint density at radius 3 is 1.95 bits per heavy atom. The highest BCUT2D eigenvalue weighted by Crippen LogP contribution is 2.18. The molecule has 1 atom stereocenters. The fraction of sp³-hybridized carbons (Fsp3) is 1.00. The second-order valence-electron chi connectivity index (χ2n) is 7.33. The van der Waals surface area contributed by atoms with Gasteiger partial charge in [0.2, 0.25) is 0 Å². The van der Waals surface area contributed by atoms with Crippen molar-refractivity contribution >= 4 is 9.84 Å². The van der Waals surface area contributed by atoms with Crippen molar-refractivity contribution < 1.29 is 8.42 Å². The maximum atomic E-state index is 11.9.